The Balaban J connectivity index is 2.12. The van der Waals surface area contributed by atoms with Crippen molar-refractivity contribution in [2.24, 2.45) is 11.8 Å². The molecular weight excluding hydrogens is 420 g/mol. The van der Waals surface area contributed by atoms with Crippen LogP contribution in [0.3, 0.4) is 0 Å². The minimum absolute atomic E-state index is 0.290. The minimum Gasteiger partial charge on any atom is -0.384 e. The average Bonchev–Trinajstić information content (AvgIpc) is 2.93. The molecule has 4 nitrogen and oxygen atoms in total. The fourth-order valence-electron chi connectivity index (χ4n) is 4.68. The highest BCUT2D eigenvalue weighted by atomic mass is 16.5. The lowest BCUT2D eigenvalue weighted by Crippen LogP contribution is -2.21. The number of rotatable bonds is 6. The summed E-state index contributed by atoms with van der Waals surface area (Å²) in [5, 5.41) is 10.2. The molecule has 0 aliphatic heterocycles. The van der Waals surface area contributed by atoms with Crippen molar-refractivity contribution in [3.8, 4) is 23.1 Å². The minimum atomic E-state index is -1.09. The summed E-state index contributed by atoms with van der Waals surface area (Å²) in [6, 6.07) is 6.45. The summed E-state index contributed by atoms with van der Waals surface area (Å²) in [5.74, 6) is 7.46. The standard InChI is InChI=1S/C30H40N2O2/c1-9-22(18-34-8)23-11-10-20(4)28-24(17-23)16-21(5)29(32-28)25-12-13-26(19(2)3)31-27(25)14-15-30(6,7)33/h10,12-13,16,19,22-23,33H,9,11,17-18H2,1-8H3/t22-,23?/m1/s1. The molecule has 0 aromatic carbocycles. The van der Waals surface area contributed by atoms with Gasteiger partial charge in [-0.15, -0.1) is 0 Å². The number of hydrogen-bond donors (Lipinski definition) is 1. The van der Waals surface area contributed by atoms with Crippen LogP contribution in [0.4, 0.5) is 0 Å². The van der Waals surface area contributed by atoms with Gasteiger partial charge >= 0.3 is 0 Å². The molecular formula is C30H40N2O2. The van der Waals surface area contributed by atoms with Crippen molar-refractivity contribution in [1.82, 2.24) is 9.97 Å². The summed E-state index contributed by atoms with van der Waals surface area (Å²) < 4.78 is 5.52. The van der Waals surface area contributed by atoms with Crippen LogP contribution in [0.2, 0.25) is 0 Å². The predicted molar refractivity (Wildman–Crippen MR) is 141 cm³/mol. The van der Waals surface area contributed by atoms with Gasteiger partial charge in [-0.1, -0.05) is 45.3 Å². The van der Waals surface area contributed by atoms with E-state index in [0.29, 0.717) is 23.4 Å². The van der Waals surface area contributed by atoms with Crippen LogP contribution in [0.25, 0.3) is 16.8 Å². The van der Waals surface area contributed by atoms with Crippen molar-refractivity contribution in [3.63, 3.8) is 0 Å². The lowest BCUT2D eigenvalue weighted by atomic mass is 9.83. The van der Waals surface area contributed by atoms with Crippen LogP contribution in [0.15, 0.2) is 24.3 Å². The van der Waals surface area contributed by atoms with E-state index in [0.717, 1.165) is 54.1 Å². The molecule has 2 aromatic rings. The Bertz CT molecular complexity index is 1110. The van der Waals surface area contributed by atoms with Gasteiger partial charge in [0, 0.05) is 25.0 Å². The molecule has 4 heteroatoms. The van der Waals surface area contributed by atoms with Crippen molar-refractivity contribution in [1.29, 1.82) is 0 Å². The number of ether oxygens (including phenoxy) is 1. The van der Waals surface area contributed by atoms with Gasteiger partial charge in [-0.05, 0) is 93.0 Å². The summed E-state index contributed by atoms with van der Waals surface area (Å²) in [6.45, 7) is 15.0. The van der Waals surface area contributed by atoms with Crippen LogP contribution in [0.1, 0.15) is 88.5 Å². The molecule has 0 saturated heterocycles. The normalized spacial score (nSPS) is 16.9. The molecule has 0 fully saturated rings. The molecule has 0 saturated carbocycles. The number of methoxy groups -OCH3 is 1. The van der Waals surface area contributed by atoms with Gasteiger partial charge in [-0.25, -0.2) is 9.97 Å². The Morgan fingerprint density at radius 3 is 2.53 bits per heavy atom. The molecule has 34 heavy (non-hydrogen) atoms. The summed E-state index contributed by atoms with van der Waals surface area (Å²) in [6.07, 6.45) is 5.51. The lowest BCUT2D eigenvalue weighted by molar-refractivity contribution is 0.117. The first-order chi connectivity index (χ1) is 16.0. The third kappa shape index (κ3) is 6.14. The first-order valence-corrected chi connectivity index (χ1v) is 12.5. The largest absolute Gasteiger partial charge is 0.384 e. The second-order valence-corrected chi connectivity index (χ2v) is 10.5. The van der Waals surface area contributed by atoms with Gasteiger partial charge in [0.05, 0.1) is 11.4 Å². The molecule has 0 spiro atoms. The zero-order valence-corrected chi connectivity index (χ0v) is 22.1. The Morgan fingerprint density at radius 2 is 1.91 bits per heavy atom. The molecule has 2 heterocycles. The topological polar surface area (TPSA) is 55.2 Å². The Morgan fingerprint density at radius 1 is 1.18 bits per heavy atom. The lowest BCUT2D eigenvalue weighted by Gasteiger charge is -2.24. The van der Waals surface area contributed by atoms with Crippen LogP contribution in [-0.2, 0) is 11.2 Å². The van der Waals surface area contributed by atoms with Gasteiger partial charge in [-0.2, -0.15) is 0 Å². The molecule has 1 N–H and O–H groups in total. The van der Waals surface area contributed by atoms with Crippen molar-refractivity contribution in [3.05, 3.63) is 52.5 Å². The predicted octanol–water partition coefficient (Wildman–Crippen LogP) is 6.34. The first-order valence-electron chi connectivity index (χ1n) is 12.5. The van der Waals surface area contributed by atoms with E-state index in [4.69, 9.17) is 14.7 Å². The quantitative estimate of drug-likeness (QED) is 0.511. The van der Waals surface area contributed by atoms with E-state index in [1.807, 2.05) is 0 Å². The summed E-state index contributed by atoms with van der Waals surface area (Å²) in [5.41, 5.74) is 7.13. The van der Waals surface area contributed by atoms with E-state index in [2.05, 4.69) is 70.7 Å². The third-order valence-corrected chi connectivity index (χ3v) is 6.70. The van der Waals surface area contributed by atoms with Crippen molar-refractivity contribution in [2.45, 2.75) is 79.2 Å². The van der Waals surface area contributed by atoms with Gasteiger partial charge in [0.2, 0.25) is 0 Å². The van der Waals surface area contributed by atoms with Crippen LogP contribution in [-0.4, -0.2) is 34.4 Å². The zero-order chi connectivity index (χ0) is 25.0. The van der Waals surface area contributed by atoms with E-state index in [9.17, 15) is 5.11 Å². The number of allylic oxidation sites excluding steroid dienone is 2. The fourth-order valence-corrected chi connectivity index (χ4v) is 4.68. The highest BCUT2D eigenvalue weighted by Gasteiger charge is 2.25. The maximum absolute atomic E-state index is 10.2. The maximum Gasteiger partial charge on any atom is 0.122 e. The van der Waals surface area contributed by atoms with Crippen molar-refractivity contribution in [2.75, 3.05) is 13.7 Å². The number of pyridine rings is 2. The summed E-state index contributed by atoms with van der Waals surface area (Å²) >= 11 is 0. The number of aromatic nitrogens is 2. The Kier molecular flexibility index (Phi) is 8.34. The van der Waals surface area contributed by atoms with E-state index in [1.165, 1.54) is 11.1 Å². The van der Waals surface area contributed by atoms with E-state index in [-0.39, 0.29) is 0 Å². The molecule has 1 unspecified atom stereocenters. The molecule has 2 aromatic heterocycles. The van der Waals surface area contributed by atoms with E-state index >= 15 is 0 Å². The van der Waals surface area contributed by atoms with Crippen molar-refractivity contribution >= 4 is 5.57 Å². The van der Waals surface area contributed by atoms with Gasteiger partial charge in [0.25, 0.3) is 0 Å². The van der Waals surface area contributed by atoms with Gasteiger partial charge < -0.3 is 9.84 Å². The first kappa shape index (κ1) is 26.1. The second-order valence-electron chi connectivity index (χ2n) is 10.5. The number of aliphatic hydroxyl groups is 1. The molecule has 2 atom stereocenters. The van der Waals surface area contributed by atoms with Crippen molar-refractivity contribution < 1.29 is 9.84 Å². The van der Waals surface area contributed by atoms with Crippen LogP contribution in [0.5, 0.6) is 0 Å². The molecule has 0 amide bonds. The second kappa shape index (κ2) is 10.8. The monoisotopic (exact) mass is 460 g/mol. The van der Waals surface area contributed by atoms with E-state index in [1.54, 1.807) is 21.0 Å². The smallest absolute Gasteiger partial charge is 0.122 e. The SMILES string of the molecule is CC[C@H](COC)C1CC=C(C)c2nc(-c3ccc(C(C)C)nc3C#CC(C)(C)O)c(C)cc2C1. The van der Waals surface area contributed by atoms with Gasteiger partial charge in [0.15, 0.2) is 0 Å². The Hall–Kier alpha value is -2.48. The fraction of sp³-hybridized carbons (Fsp3) is 0.533. The summed E-state index contributed by atoms with van der Waals surface area (Å²) in [4.78, 5) is 10.1. The van der Waals surface area contributed by atoms with Gasteiger partial charge in [0.1, 0.15) is 11.3 Å². The van der Waals surface area contributed by atoms with Crippen LogP contribution >= 0.6 is 0 Å². The molecule has 182 valence electrons. The summed E-state index contributed by atoms with van der Waals surface area (Å²) in [7, 11) is 1.80. The maximum atomic E-state index is 10.2. The third-order valence-electron chi connectivity index (χ3n) is 6.70. The number of fused-ring (bicyclic) bond motifs is 1. The molecule has 1 aliphatic carbocycles. The molecule has 0 radical (unpaired) electrons. The number of nitrogens with zero attached hydrogens (tertiary/aromatic N) is 2. The van der Waals surface area contributed by atoms with Gasteiger partial charge in [-0.3, -0.25) is 0 Å². The number of aryl methyl sites for hydroxylation is 1. The number of hydrogen-bond acceptors (Lipinski definition) is 4. The molecule has 1 aliphatic rings. The average molecular weight is 461 g/mol. The molecule has 0 bridgehead atoms. The molecule has 3 rings (SSSR count). The van der Waals surface area contributed by atoms with E-state index < -0.39 is 5.60 Å². The zero-order valence-electron chi connectivity index (χ0n) is 22.1. The highest BCUT2D eigenvalue weighted by Crippen LogP contribution is 2.35. The van der Waals surface area contributed by atoms with Crippen LogP contribution in [0, 0.1) is 30.6 Å². The Labute approximate surface area is 205 Å². The van der Waals surface area contributed by atoms with Crippen LogP contribution < -0.4 is 0 Å². The highest BCUT2D eigenvalue weighted by molar-refractivity contribution is 5.74.